The largest absolute Gasteiger partial charge is 0.491 e. The second-order valence-electron chi connectivity index (χ2n) is 6.68. The number of benzene rings is 3. The lowest BCUT2D eigenvalue weighted by Gasteiger charge is -2.21. The van der Waals surface area contributed by atoms with Gasteiger partial charge >= 0.3 is 0 Å². The first-order valence-electron chi connectivity index (χ1n) is 8.99. The Balaban J connectivity index is 1.46. The summed E-state index contributed by atoms with van der Waals surface area (Å²) >= 11 is 6.01. The third-order valence-corrected chi connectivity index (χ3v) is 4.50. The molecule has 0 fully saturated rings. The molecule has 140 valence electrons. The van der Waals surface area contributed by atoms with Crippen molar-refractivity contribution in [3.8, 4) is 16.9 Å². The molecule has 0 aromatic heterocycles. The average molecular weight is 382 g/mol. The Hall–Kier alpha value is -2.33. The zero-order chi connectivity index (χ0) is 19.1. The number of rotatable bonds is 8. The van der Waals surface area contributed by atoms with E-state index in [0.29, 0.717) is 6.54 Å². The lowest BCUT2D eigenvalue weighted by Crippen LogP contribution is -2.32. The van der Waals surface area contributed by atoms with E-state index in [-0.39, 0.29) is 6.61 Å². The van der Waals surface area contributed by atoms with Gasteiger partial charge in [0.15, 0.2) is 0 Å². The summed E-state index contributed by atoms with van der Waals surface area (Å²) in [5.74, 6) is 0.756. The number of hydrogen-bond donors (Lipinski definition) is 1. The number of hydrogen-bond acceptors (Lipinski definition) is 3. The minimum absolute atomic E-state index is 0.255. The molecule has 1 N–H and O–H groups in total. The van der Waals surface area contributed by atoms with Crippen LogP contribution in [0.2, 0.25) is 5.02 Å². The van der Waals surface area contributed by atoms with E-state index in [4.69, 9.17) is 16.3 Å². The zero-order valence-electron chi connectivity index (χ0n) is 15.4. The molecule has 1 unspecified atom stereocenters. The molecule has 0 aliphatic rings. The fourth-order valence-corrected chi connectivity index (χ4v) is 3.20. The summed E-state index contributed by atoms with van der Waals surface area (Å²) < 4.78 is 5.73. The summed E-state index contributed by atoms with van der Waals surface area (Å²) in [6.07, 6.45) is -0.567. The first kappa shape index (κ1) is 19.4. The number of halogens is 1. The van der Waals surface area contributed by atoms with Crippen molar-refractivity contribution in [1.82, 2.24) is 4.90 Å². The lowest BCUT2D eigenvalue weighted by molar-refractivity contribution is 0.0744. The third kappa shape index (κ3) is 6.10. The van der Waals surface area contributed by atoms with Gasteiger partial charge in [-0.2, -0.15) is 0 Å². The van der Waals surface area contributed by atoms with Crippen molar-refractivity contribution in [2.24, 2.45) is 0 Å². The molecule has 0 heterocycles. The van der Waals surface area contributed by atoms with Gasteiger partial charge in [-0.15, -0.1) is 0 Å². The van der Waals surface area contributed by atoms with Gasteiger partial charge in [0, 0.05) is 18.1 Å². The van der Waals surface area contributed by atoms with Crippen LogP contribution in [0.25, 0.3) is 11.1 Å². The van der Waals surface area contributed by atoms with Crippen molar-refractivity contribution in [3.05, 3.63) is 89.4 Å². The van der Waals surface area contributed by atoms with Gasteiger partial charge in [0.05, 0.1) is 0 Å². The molecule has 4 heteroatoms. The minimum Gasteiger partial charge on any atom is -0.491 e. The Morgan fingerprint density at radius 1 is 0.926 bits per heavy atom. The highest BCUT2D eigenvalue weighted by Gasteiger charge is 2.10. The van der Waals surface area contributed by atoms with Gasteiger partial charge in [-0.3, -0.25) is 4.90 Å². The van der Waals surface area contributed by atoms with Crippen LogP contribution < -0.4 is 4.74 Å². The molecule has 3 rings (SSSR count). The molecule has 3 aromatic rings. The maximum absolute atomic E-state index is 10.3. The highest BCUT2D eigenvalue weighted by molar-refractivity contribution is 6.30. The Morgan fingerprint density at radius 3 is 2.33 bits per heavy atom. The summed E-state index contributed by atoms with van der Waals surface area (Å²) in [5.41, 5.74) is 3.44. The summed E-state index contributed by atoms with van der Waals surface area (Å²) in [4.78, 5) is 2.05. The van der Waals surface area contributed by atoms with Gasteiger partial charge in [-0.1, -0.05) is 66.2 Å². The van der Waals surface area contributed by atoms with Gasteiger partial charge in [-0.25, -0.2) is 0 Å². The molecule has 3 aromatic carbocycles. The Kier molecular flexibility index (Phi) is 6.88. The van der Waals surface area contributed by atoms with Gasteiger partial charge in [0.2, 0.25) is 0 Å². The fourth-order valence-electron chi connectivity index (χ4n) is 2.99. The first-order valence-corrected chi connectivity index (χ1v) is 9.37. The van der Waals surface area contributed by atoms with Crippen LogP contribution in [0, 0.1) is 0 Å². The van der Waals surface area contributed by atoms with Crippen LogP contribution in [0.3, 0.4) is 0 Å². The number of nitrogens with zero attached hydrogens (tertiary/aromatic N) is 1. The van der Waals surface area contributed by atoms with E-state index in [0.717, 1.165) is 28.4 Å². The van der Waals surface area contributed by atoms with Crippen molar-refractivity contribution in [3.63, 3.8) is 0 Å². The topological polar surface area (TPSA) is 32.7 Å². The molecule has 0 spiro atoms. The highest BCUT2D eigenvalue weighted by Crippen LogP contribution is 2.22. The Bertz CT molecular complexity index is 837. The Morgan fingerprint density at radius 2 is 1.63 bits per heavy atom. The van der Waals surface area contributed by atoms with Crippen molar-refractivity contribution < 1.29 is 9.84 Å². The van der Waals surface area contributed by atoms with Gasteiger partial charge in [0.1, 0.15) is 18.5 Å². The number of aliphatic hydroxyl groups is 1. The maximum atomic E-state index is 10.3. The van der Waals surface area contributed by atoms with Crippen LogP contribution in [-0.4, -0.2) is 36.3 Å². The van der Waals surface area contributed by atoms with Crippen molar-refractivity contribution in [2.75, 3.05) is 20.2 Å². The molecule has 1 atom stereocenters. The molecule has 0 aliphatic carbocycles. The predicted octanol–water partition coefficient (Wildman–Crippen LogP) is 4.88. The van der Waals surface area contributed by atoms with Crippen LogP contribution in [0.15, 0.2) is 78.9 Å². The summed E-state index contributed by atoms with van der Waals surface area (Å²) in [6, 6.07) is 25.9. The monoisotopic (exact) mass is 381 g/mol. The normalized spacial score (nSPS) is 12.1. The Labute approximate surface area is 165 Å². The van der Waals surface area contributed by atoms with Crippen molar-refractivity contribution in [1.29, 1.82) is 0 Å². The minimum atomic E-state index is -0.567. The summed E-state index contributed by atoms with van der Waals surface area (Å²) in [6.45, 7) is 1.50. The van der Waals surface area contributed by atoms with Crippen LogP contribution in [0.5, 0.6) is 5.75 Å². The smallest absolute Gasteiger partial charge is 0.119 e. The average Bonchev–Trinajstić information content (AvgIpc) is 2.67. The van der Waals surface area contributed by atoms with Crippen LogP contribution in [-0.2, 0) is 6.54 Å². The van der Waals surface area contributed by atoms with Gasteiger partial charge < -0.3 is 9.84 Å². The predicted molar refractivity (Wildman–Crippen MR) is 111 cm³/mol. The molecule has 0 radical (unpaired) electrons. The number of ether oxygens (including phenoxy) is 1. The molecular weight excluding hydrogens is 358 g/mol. The van der Waals surface area contributed by atoms with E-state index in [9.17, 15) is 5.11 Å². The first-order chi connectivity index (χ1) is 13.1. The molecular formula is C23H24ClNO2. The standard InChI is InChI=1S/C23H24ClNO2/c1-25(15-18-6-5-9-21(24)14-18)16-22(26)17-27-23-12-10-20(11-13-23)19-7-3-2-4-8-19/h2-14,22,26H,15-17H2,1H3. The van der Waals surface area contributed by atoms with E-state index < -0.39 is 6.10 Å². The second-order valence-corrected chi connectivity index (χ2v) is 7.12. The van der Waals surface area contributed by atoms with Gasteiger partial charge in [0.25, 0.3) is 0 Å². The van der Waals surface area contributed by atoms with Crippen LogP contribution in [0.4, 0.5) is 0 Å². The van der Waals surface area contributed by atoms with E-state index in [2.05, 4.69) is 17.0 Å². The van der Waals surface area contributed by atoms with Crippen LogP contribution in [0.1, 0.15) is 5.56 Å². The van der Waals surface area contributed by atoms with Crippen molar-refractivity contribution in [2.45, 2.75) is 12.6 Å². The van der Waals surface area contributed by atoms with E-state index in [1.807, 2.05) is 73.8 Å². The summed E-state index contributed by atoms with van der Waals surface area (Å²) in [5, 5.41) is 11.0. The summed E-state index contributed by atoms with van der Waals surface area (Å²) in [7, 11) is 1.97. The number of aliphatic hydroxyl groups excluding tert-OH is 1. The molecule has 0 bridgehead atoms. The highest BCUT2D eigenvalue weighted by atomic mass is 35.5. The molecule has 27 heavy (non-hydrogen) atoms. The molecule has 0 aliphatic heterocycles. The fraction of sp³-hybridized carbons (Fsp3) is 0.217. The molecule has 0 saturated carbocycles. The quantitative estimate of drug-likeness (QED) is 0.603. The zero-order valence-corrected chi connectivity index (χ0v) is 16.1. The van der Waals surface area contributed by atoms with Crippen molar-refractivity contribution >= 4 is 11.6 Å². The maximum Gasteiger partial charge on any atom is 0.119 e. The second kappa shape index (κ2) is 9.56. The van der Waals surface area contributed by atoms with E-state index >= 15 is 0 Å². The SMILES string of the molecule is CN(Cc1cccc(Cl)c1)CC(O)COc1ccc(-c2ccccc2)cc1. The third-order valence-electron chi connectivity index (χ3n) is 4.27. The van der Waals surface area contributed by atoms with Gasteiger partial charge in [-0.05, 0) is 48.0 Å². The van der Waals surface area contributed by atoms with E-state index in [1.165, 1.54) is 5.56 Å². The molecule has 0 amide bonds. The van der Waals surface area contributed by atoms with Crippen LogP contribution >= 0.6 is 11.6 Å². The number of likely N-dealkylation sites (N-methyl/N-ethyl adjacent to an activating group) is 1. The molecule has 0 saturated heterocycles. The molecule has 3 nitrogen and oxygen atoms in total. The lowest BCUT2D eigenvalue weighted by atomic mass is 10.1. The van der Waals surface area contributed by atoms with E-state index in [1.54, 1.807) is 0 Å².